The average molecular weight is 305 g/mol. The summed E-state index contributed by atoms with van der Waals surface area (Å²) < 4.78 is 1.07. The monoisotopic (exact) mass is 305 g/mol. The highest BCUT2D eigenvalue weighted by Crippen LogP contribution is 2.12. The smallest absolute Gasteiger partial charge is 0.225 e. The molecule has 14 heavy (non-hydrogen) atoms. The second-order valence-corrected chi connectivity index (χ2v) is 4.70. The lowest BCUT2D eigenvalue weighted by Crippen LogP contribution is -2.30. The summed E-state index contributed by atoms with van der Waals surface area (Å²) >= 11 is 2.21. The normalized spacial score (nSPS) is 12.6. The summed E-state index contributed by atoms with van der Waals surface area (Å²) in [7, 11) is 2.04. The van der Waals surface area contributed by atoms with E-state index >= 15 is 0 Å². The Morgan fingerprint density at radius 3 is 2.50 bits per heavy atom. The van der Waals surface area contributed by atoms with Crippen LogP contribution < -0.4 is 4.90 Å². The minimum Gasteiger partial charge on any atom is -0.341 e. The first-order chi connectivity index (χ1) is 6.65. The first-order valence-electron chi connectivity index (χ1n) is 4.85. The Morgan fingerprint density at radius 2 is 2.00 bits per heavy atom. The molecule has 0 fully saturated rings. The minimum absolute atomic E-state index is 0.500. The van der Waals surface area contributed by atoms with Crippen molar-refractivity contribution in [1.82, 2.24) is 9.97 Å². The van der Waals surface area contributed by atoms with Crippen molar-refractivity contribution in [1.29, 1.82) is 0 Å². The lowest BCUT2D eigenvalue weighted by atomic mass is 10.2. The van der Waals surface area contributed by atoms with Crippen molar-refractivity contribution in [2.24, 2.45) is 0 Å². The molecule has 0 aliphatic heterocycles. The number of hydrogen-bond donors (Lipinski definition) is 0. The highest BCUT2D eigenvalue weighted by molar-refractivity contribution is 14.1. The largest absolute Gasteiger partial charge is 0.341 e. The molecule has 4 heteroatoms. The Hall–Kier alpha value is -0.390. The molecule has 1 unspecified atom stereocenters. The van der Waals surface area contributed by atoms with Crippen LogP contribution in [0.5, 0.6) is 0 Å². The fourth-order valence-corrected chi connectivity index (χ4v) is 1.57. The van der Waals surface area contributed by atoms with E-state index in [1.165, 1.54) is 12.8 Å². The molecule has 0 saturated heterocycles. The molecule has 0 spiro atoms. The molecule has 0 amide bonds. The van der Waals surface area contributed by atoms with Crippen molar-refractivity contribution >= 4 is 28.5 Å². The Kier molecular flexibility index (Phi) is 4.57. The van der Waals surface area contributed by atoms with Gasteiger partial charge in [-0.15, -0.1) is 0 Å². The zero-order valence-corrected chi connectivity index (χ0v) is 11.0. The third kappa shape index (κ3) is 3.08. The molecule has 3 nitrogen and oxygen atoms in total. The molecule has 1 atom stereocenters. The van der Waals surface area contributed by atoms with Crippen LogP contribution in [0, 0.1) is 3.57 Å². The SMILES string of the molecule is CCCC(C)N(C)c1ncc(I)cn1. The van der Waals surface area contributed by atoms with E-state index in [0.29, 0.717) is 6.04 Å². The average Bonchev–Trinajstić information content (AvgIpc) is 2.18. The van der Waals surface area contributed by atoms with Gasteiger partial charge in [-0.1, -0.05) is 13.3 Å². The highest BCUT2D eigenvalue weighted by Gasteiger charge is 2.10. The van der Waals surface area contributed by atoms with E-state index in [1.54, 1.807) is 0 Å². The van der Waals surface area contributed by atoms with Crippen LogP contribution in [-0.4, -0.2) is 23.1 Å². The number of hydrogen-bond acceptors (Lipinski definition) is 3. The molecule has 0 aliphatic carbocycles. The molecule has 1 heterocycles. The zero-order valence-electron chi connectivity index (χ0n) is 8.87. The zero-order chi connectivity index (χ0) is 10.6. The van der Waals surface area contributed by atoms with E-state index < -0.39 is 0 Å². The van der Waals surface area contributed by atoms with Gasteiger partial charge in [0, 0.05) is 29.1 Å². The van der Waals surface area contributed by atoms with Crippen molar-refractivity contribution in [2.45, 2.75) is 32.7 Å². The van der Waals surface area contributed by atoms with Gasteiger partial charge in [-0.05, 0) is 35.9 Å². The van der Waals surface area contributed by atoms with Gasteiger partial charge in [0.05, 0.1) is 0 Å². The van der Waals surface area contributed by atoms with Gasteiger partial charge in [0.2, 0.25) is 5.95 Å². The molecule has 1 aromatic heterocycles. The maximum absolute atomic E-state index is 4.29. The minimum atomic E-state index is 0.500. The first-order valence-corrected chi connectivity index (χ1v) is 5.93. The lowest BCUT2D eigenvalue weighted by molar-refractivity contribution is 0.605. The van der Waals surface area contributed by atoms with Gasteiger partial charge in [0.1, 0.15) is 0 Å². The summed E-state index contributed by atoms with van der Waals surface area (Å²) in [4.78, 5) is 10.7. The van der Waals surface area contributed by atoms with Crippen molar-refractivity contribution in [3.05, 3.63) is 16.0 Å². The highest BCUT2D eigenvalue weighted by atomic mass is 127. The second kappa shape index (κ2) is 5.48. The Morgan fingerprint density at radius 1 is 1.43 bits per heavy atom. The number of halogens is 1. The number of anilines is 1. The predicted molar refractivity (Wildman–Crippen MR) is 67.5 cm³/mol. The third-order valence-electron chi connectivity index (χ3n) is 2.29. The topological polar surface area (TPSA) is 29.0 Å². The van der Waals surface area contributed by atoms with Crippen LogP contribution in [0.4, 0.5) is 5.95 Å². The quantitative estimate of drug-likeness (QED) is 0.801. The van der Waals surface area contributed by atoms with Gasteiger partial charge in [0.15, 0.2) is 0 Å². The van der Waals surface area contributed by atoms with Gasteiger partial charge in [0.25, 0.3) is 0 Å². The van der Waals surface area contributed by atoms with E-state index in [4.69, 9.17) is 0 Å². The van der Waals surface area contributed by atoms with E-state index in [-0.39, 0.29) is 0 Å². The Labute approximate surface area is 99.1 Å². The van der Waals surface area contributed by atoms with Crippen LogP contribution in [0.1, 0.15) is 26.7 Å². The molecular formula is C10H16IN3. The molecule has 0 aromatic carbocycles. The standard InChI is InChI=1S/C10H16IN3/c1-4-5-8(2)14(3)10-12-6-9(11)7-13-10/h6-8H,4-5H2,1-3H3. The number of nitrogens with zero attached hydrogens (tertiary/aromatic N) is 3. The summed E-state index contributed by atoms with van der Waals surface area (Å²) in [6, 6.07) is 0.500. The van der Waals surface area contributed by atoms with Gasteiger partial charge in [-0.3, -0.25) is 0 Å². The number of rotatable bonds is 4. The summed E-state index contributed by atoms with van der Waals surface area (Å²) in [5.74, 6) is 0.811. The van der Waals surface area contributed by atoms with Gasteiger partial charge < -0.3 is 4.90 Å². The molecule has 0 bridgehead atoms. The van der Waals surface area contributed by atoms with E-state index in [1.807, 2.05) is 19.4 Å². The maximum atomic E-state index is 4.29. The second-order valence-electron chi connectivity index (χ2n) is 3.45. The van der Waals surface area contributed by atoms with Crippen LogP contribution in [-0.2, 0) is 0 Å². The van der Waals surface area contributed by atoms with Crippen LogP contribution in [0.25, 0.3) is 0 Å². The summed E-state index contributed by atoms with van der Waals surface area (Å²) in [5.41, 5.74) is 0. The van der Waals surface area contributed by atoms with Gasteiger partial charge in [-0.2, -0.15) is 0 Å². The van der Waals surface area contributed by atoms with Crippen LogP contribution in [0.2, 0.25) is 0 Å². The molecule has 78 valence electrons. The Bertz CT molecular complexity index is 273. The fraction of sp³-hybridized carbons (Fsp3) is 0.600. The molecule has 0 radical (unpaired) electrons. The van der Waals surface area contributed by atoms with Crippen molar-refractivity contribution < 1.29 is 0 Å². The van der Waals surface area contributed by atoms with E-state index in [0.717, 1.165) is 9.52 Å². The van der Waals surface area contributed by atoms with Gasteiger partial charge >= 0.3 is 0 Å². The van der Waals surface area contributed by atoms with E-state index in [2.05, 4.69) is 51.3 Å². The van der Waals surface area contributed by atoms with Gasteiger partial charge in [-0.25, -0.2) is 9.97 Å². The summed E-state index contributed by atoms with van der Waals surface area (Å²) in [6.45, 7) is 4.39. The van der Waals surface area contributed by atoms with Crippen molar-refractivity contribution in [2.75, 3.05) is 11.9 Å². The molecule has 1 rings (SSSR count). The molecular weight excluding hydrogens is 289 g/mol. The molecule has 0 aliphatic rings. The van der Waals surface area contributed by atoms with Crippen LogP contribution in [0.15, 0.2) is 12.4 Å². The Balaban J connectivity index is 2.68. The van der Waals surface area contributed by atoms with Crippen LogP contribution in [0.3, 0.4) is 0 Å². The number of aromatic nitrogens is 2. The molecule has 1 aromatic rings. The molecule has 0 N–H and O–H groups in total. The fourth-order valence-electron chi connectivity index (χ4n) is 1.30. The summed E-state index contributed by atoms with van der Waals surface area (Å²) in [5, 5.41) is 0. The van der Waals surface area contributed by atoms with E-state index in [9.17, 15) is 0 Å². The predicted octanol–water partition coefficient (Wildman–Crippen LogP) is 2.71. The molecule has 0 saturated carbocycles. The first kappa shape index (κ1) is 11.7. The lowest BCUT2D eigenvalue weighted by Gasteiger charge is -2.24. The van der Waals surface area contributed by atoms with Crippen molar-refractivity contribution in [3.63, 3.8) is 0 Å². The third-order valence-corrected chi connectivity index (χ3v) is 2.85. The maximum Gasteiger partial charge on any atom is 0.225 e. The van der Waals surface area contributed by atoms with Crippen molar-refractivity contribution in [3.8, 4) is 0 Å². The summed E-state index contributed by atoms with van der Waals surface area (Å²) in [6.07, 6.45) is 6.05. The van der Waals surface area contributed by atoms with Crippen LogP contribution >= 0.6 is 22.6 Å².